The number of nitrogens with two attached hydrogens (primary N) is 1. The molecular weight excluding hydrogens is 230 g/mol. The number of carbonyl (C=O) groups is 2. The topological polar surface area (TPSA) is 75.4 Å². The van der Waals surface area contributed by atoms with Gasteiger partial charge in [0.15, 0.2) is 0 Å². The molecule has 0 aliphatic rings. The summed E-state index contributed by atoms with van der Waals surface area (Å²) in [5, 5.41) is 3.01. The quantitative estimate of drug-likeness (QED) is 0.764. The maximum atomic E-state index is 11.6. The largest absolute Gasteiger partial charge is 0.366 e. The maximum absolute atomic E-state index is 11.6. The average molecular weight is 249 g/mol. The first-order chi connectivity index (χ1) is 8.56. The Labute approximate surface area is 107 Å². The van der Waals surface area contributed by atoms with E-state index in [0.717, 1.165) is 5.56 Å². The summed E-state index contributed by atoms with van der Waals surface area (Å²) >= 11 is 0. The van der Waals surface area contributed by atoms with E-state index < -0.39 is 5.91 Å². The monoisotopic (exact) mass is 249 g/mol. The van der Waals surface area contributed by atoms with Gasteiger partial charge in [0.05, 0.1) is 6.54 Å². The molecule has 5 heteroatoms. The summed E-state index contributed by atoms with van der Waals surface area (Å²) in [6, 6.07) is 7.10. The predicted octanol–water partition coefficient (Wildman–Crippen LogP) is 0.353. The van der Waals surface area contributed by atoms with Gasteiger partial charge in [0.2, 0.25) is 11.8 Å². The zero-order valence-corrected chi connectivity index (χ0v) is 10.8. The molecule has 1 aromatic carbocycles. The molecule has 2 amide bonds. The molecule has 1 rings (SSSR count). The summed E-state index contributed by atoms with van der Waals surface area (Å²) in [6.07, 6.45) is 0. The molecule has 0 spiro atoms. The van der Waals surface area contributed by atoms with Crippen molar-refractivity contribution in [3.8, 4) is 0 Å². The molecule has 0 unspecified atom stereocenters. The number of likely N-dealkylation sites (N-methyl/N-ethyl adjacent to an activating group) is 1. The van der Waals surface area contributed by atoms with Crippen molar-refractivity contribution < 1.29 is 9.59 Å². The van der Waals surface area contributed by atoms with Crippen molar-refractivity contribution in [3.63, 3.8) is 0 Å². The number of nitrogens with zero attached hydrogens (tertiary/aromatic N) is 1. The molecule has 0 aliphatic heterocycles. The van der Waals surface area contributed by atoms with E-state index in [1.54, 1.807) is 24.1 Å². The van der Waals surface area contributed by atoms with Crippen LogP contribution in [0.3, 0.4) is 0 Å². The van der Waals surface area contributed by atoms with Crippen LogP contribution >= 0.6 is 0 Å². The summed E-state index contributed by atoms with van der Waals surface area (Å²) in [4.78, 5) is 24.4. The Balaban J connectivity index is 2.54. The molecule has 5 nitrogen and oxygen atoms in total. The average Bonchev–Trinajstić information content (AvgIpc) is 2.38. The first-order valence-corrected chi connectivity index (χ1v) is 5.88. The summed E-state index contributed by atoms with van der Waals surface area (Å²) in [7, 11) is 1.75. The van der Waals surface area contributed by atoms with Crippen LogP contribution in [0.1, 0.15) is 22.8 Å². The van der Waals surface area contributed by atoms with Crippen molar-refractivity contribution in [2.24, 2.45) is 5.73 Å². The van der Waals surface area contributed by atoms with E-state index in [-0.39, 0.29) is 12.5 Å². The van der Waals surface area contributed by atoms with Crippen LogP contribution in [0.2, 0.25) is 0 Å². The number of carbonyl (C=O) groups excluding carboxylic acids is 2. The number of primary amides is 1. The molecule has 0 atom stereocenters. The zero-order valence-electron chi connectivity index (χ0n) is 10.8. The zero-order chi connectivity index (χ0) is 13.5. The van der Waals surface area contributed by atoms with Gasteiger partial charge in [-0.3, -0.25) is 9.59 Å². The van der Waals surface area contributed by atoms with Gasteiger partial charge in [-0.05, 0) is 18.6 Å². The van der Waals surface area contributed by atoms with Crippen molar-refractivity contribution in [2.45, 2.75) is 13.5 Å². The van der Waals surface area contributed by atoms with Crippen LogP contribution in [0.5, 0.6) is 0 Å². The fourth-order valence-corrected chi connectivity index (χ4v) is 1.53. The Morgan fingerprint density at radius 3 is 2.61 bits per heavy atom. The number of hydrogen-bond donors (Lipinski definition) is 2. The lowest BCUT2D eigenvalue weighted by Crippen LogP contribution is -2.35. The van der Waals surface area contributed by atoms with Crippen LogP contribution in [-0.2, 0) is 11.3 Å². The molecule has 98 valence electrons. The Hall–Kier alpha value is -1.88. The SMILES string of the molecule is CCN(C)C(=O)CNCc1ccccc1C(N)=O. The molecule has 0 radical (unpaired) electrons. The summed E-state index contributed by atoms with van der Waals surface area (Å²) in [5.41, 5.74) is 6.56. The molecule has 1 aromatic rings. The lowest BCUT2D eigenvalue weighted by atomic mass is 10.1. The van der Waals surface area contributed by atoms with Gasteiger partial charge in [0.25, 0.3) is 0 Å². The second-order valence-electron chi connectivity index (χ2n) is 4.03. The molecule has 0 fully saturated rings. The standard InChI is InChI=1S/C13H19N3O2/c1-3-16(2)12(17)9-15-8-10-6-4-5-7-11(10)13(14)18/h4-7,15H,3,8-9H2,1-2H3,(H2,14,18). The molecule has 3 N–H and O–H groups in total. The van der Waals surface area contributed by atoms with Gasteiger partial charge in [0.1, 0.15) is 0 Å². The third-order valence-electron chi connectivity index (χ3n) is 2.77. The van der Waals surface area contributed by atoms with E-state index in [9.17, 15) is 9.59 Å². The first-order valence-electron chi connectivity index (χ1n) is 5.88. The highest BCUT2D eigenvalue weighted by Crippen LogP contribution is 2.07. The lowest BCUT2D eigenvalue weighted by molar-refractivity contribution is -0.128. The number of amides is 2. The summed E-state index contributed by atoms with van der Waals surface area (Å²) < 4.78 is 0. The molecule has 0 aliphatic carbocycles. The van der Waals surface area contributed by atoms with Crippen molar-refractivity contribution in [2.75, 3.05) is 20.1 Å². The van der Waals surface area contributed by atoms with Crippen LogP contribution in [0.15, 0.2) is 24.3 Å². The van der Waals surface area contributed by atoms with E-state index >= 15 is 0 Å². The molecule has 0 saturated heterocycles. The number of hydrogen-bond acceptors (Lipinski definition) is 3. The molecular formula is C13H19N3O2. The van der Waals surface area contributed by atoms with Crippen LogP contribution < -0.4 is 11.1 Å². The molecule has 0 heterocycles. The fourth-order valence-electron chi connectivity index (χ4n) is 1.53. The highest BCUT2D eigenvalue weighted by Gasteiger charge is 2.08. The number of rotatable bonds is 6. The molecule has 0 saturated carbocycles. The Morgan fingerprint density at radius 1 is 1.33 bits per heavy atom. The van der Waals surface area contributed by atoms with Gasteiger partial charge in [-0.2, -0.15) is 0 Å². The van der Waals surface area contributed by atoms with Crippen molar-refractivity contribution in [1.82, 2.24) is 10.2 Å². The fraction of sp³-hybridized carbons (Fsp3) is 0.385. The third kappa shape index (κ3) is 3.85. The van der Waals surface area contributed by atoms with Gasteiger partial charge in [-0.1, -0.05) is 18.2 Å². The predicted molar refractivity (Wildman–Crippen MR) is 70.0 cm³/mol. The second-order valence-corrected chi connectivity index (χ2v) is 4.03. The highest BCUT2D eigenvalue weighted by atomic mass is 16.2. The van der Waals surface area contributed by atoms with E-state index in [1.165, 1.54) is 0 Å². The number of nitrogens with one attached hydrogen (secondary N) is 1. The Kier molecular flexibility index (Phi) is 5.32. The van der Waals surface area contributed by atoms with E-state index in [0.29, 0.717) is 18.7 Å². The molecule has 18 heavy (non-hydrogen) atoms. The summed E-state index contributed by atoms with van der Waals surface area (Å²) in [6.45, 7) is 3.29. The van der Waals surface area contributed by atoms with Crippen molar-refractivity contribution >= 4 is 11.8 Å². The van der Waals surface area contributed by atoms with Gasteiger partial charge in [-0.15, -0.1) is 0 Å². The maximum Gasteiger partial charge on any atom is 0.249 e. The Bertz CT molecular complexity index is 432. The van der Waals surface area contributed by atoms with Gasteiger partial charge in [-0.25, -0.2) is 0 Å². The van der Waals surface area contributed by atoms with Crippen LogP contribution in [-0.4, -0.2) is 36.9 Å². The molecule has 0 bridgehead atoms. The third-order valence-corrected chi connectivity index (χ3v) is 2.77. The van der Waals surface area contributed by atoms with Crippen LogP contribution in [0, 0.1) is 0 Å². The van der Waals surface area contributed by atoms with E-state index in [1.807, 2.05) is 19.1 Å². The van der Waals surface area contributed by atoms with Crippen LogP contribution in [0.25, 0.3) is 0 Å². The van der Waals surface area contributed by atoms with Gasteiger partial charge >= 0.3 is 0 Å². The minimum Gasteiger partial charge on any atom is -0.366 e. The first kappa shape index (κ1) is 14.2. The Morgan fingerprint density at radius 2 is 2.00 bits per heavy atom. The van der Waals surface area contributed by atoms with E-state index in [2.05, 4.69) is 5.32 Å². The summed E-state index contributed by atoms with van der Waals surface area (Å²) in [5.74, 6) is -0.432. The highest BCUT2D eigenvalue weighted by molar-refractivity contribution is 5.94. The second kappa shape index (κ2) is 6.76. The van der Waals surface area contributed by atoms with Crippen LogP contribution in [0.4, 0.5) is 0 Å². The minimum absolute atomic E-state index is 0.0223. The number of benzene rings is 1. The van der Waals surface area contributed by atoms with Gasteiger partial charge < -0.3 is 16.0 Å². The normalized spacial score (nSPS) is 10.1. The van der Waals surface area contributed by atoms with Crippen molar-refractivity contribution in [1.29, 1.82) is 0 Å². The van der Waals surface area contributed by atoms with Crippen molar-refractivity contribution in [3.05, 3.63) is 35.4 Å². The molecule has 0 aromatic heterocycles. The van der Waals surface area contributed by atoms with Gasteiger partial charge in [0, 0.05) is 25.7 Å². The minimum atomic E-state index is -0.454. The lowest BCUT2D eigenvalue weighted by Gasteiger charge is -2.15. The smallest absolute Gasteiger partial charge is 0.249 e. The van der Waals surface area contributed by atoms with E-state index in [4.69, 9.17) is 5.73 Å².